The zero-order valence-electron chi connectivity index (χ0n) is 11.2. The van der Waals surface area contributed by atoms with Crippen LogP contribution in [0.15, 0.2) is 63.0 Å². The number of hydrogen-bond acceptors (Lipinski definition) is 4. The third-order valence-corrected chi connectivity index (χ3v) is 4.51. The molecule has 2 aromatic rings. The van der Waals surface area contributed by atoms with Crippen LogP contribution in [0.3, 0.4) is 0 Å². The molecule has 0 saturated carbocycles. The lowest BCUT2D eigenvalue weighted by Crippen LogP contribution is -2.19. The van der Waals surface area contributed by atoms with Gasteiger partial charge in [-0.2, -0.15) is 18.4 Å². The molecule has 21 heavy (non-hydrogen) atoms. The van der Waals surface area contributed by atoms with Gasteiger partial charge >= 0.3 is 0 Å². The van der Waals surface area contributed by atoms with Crippen molar-refractivity contribution in [1.29, 1.82) is 0 Å². The lowest BCUT2D eigenvalue weighted by atomic mass is 10.1. The number of hydrazone groups is 1. The average Bonchev–Trinajstić information content (AvgIpc) is 2.45. The Morgan fingerprint density at radius 1 is 1.19 bits per heavy atom. The fraction of sp³-hybridized carbons (Fsp3) is 0.0714. The van der Waals surface area contributed by atoms with Crippen molar-refractivity contribution in [1.82, 2.24) is 4.83 Å². The van der Waals surface area contributed by atoms with Crippen LogP contribution in [0.25, 0.3) is 0 Å². The normalized spacial score (nSPS) is 12.2. The first-order chi connectivity index (χ1) is 9.88. The zero-order chi connectivity index (χ0) is 15.5. The summed E-state index contributed by atoms with van der Waals surface area (Å²) in [5.41, 5.74) is 7.57. The molecule has 0 atom stereocenters. The molecule has 0 aliphatic carbocycles. The second-order valence-electron chi connectivity index (χ2n) is 4.37. The van der Waals surface area contributed by atoms with Gasteiger partial charge in [0.1, 0.15) is 0 Å². The number of nitrogens with one attached hydrogen (secondary N) is 1. The van der Waals surface area contributed by atoms with Crippen LogP contribution in [-0.4, -0.2) is 14.1 Å². The highest BCUT2D eigenvalue weighted by Crippen LogP contribution is 2.14. The summed E-state index contributed by atoms with van der Waals surface area (Å²) >= 11 is 3.26. The predicted molar refractivity (Wildman–Crippen MR) is 87.5 cm³/mol. The van der Waals surface area contributed by atoms with E-state index in [0.29, 0.717) is 11.4 Å². The Hall–Kier alpha value is -1.86. The van der Waals surface area contributed by atoms with Crippen molar-refractivity contribution in [2.45, 2.75) is 11.8 Å². The molecule has 0 fully saturated rings. The van der Waals surface area contributed by atoms with Gasteiger partial charge in [0.2, 0.25) is 0 Å². The highest BCUT2D eigenvalue weighted by atomic mass is 79.9. The second-order valence-corrected chi connectivity index (χ2v) is 6.95. The van der Waals surface area contributed by atoms with Crippen LogP contribution >= 0.6 is 15.9 Å². The van der Waals surface area contributed by atoms with Gasteiger partial charge in [-0.25, -0.2) is 0 Å². The van der Waals surface area contributed by atoms with Gasteiger partial charge < -0.3 is 5.73 Å². The number of nitrogens with zero attached hydrogens (tertiary/aromatic N) is 1. The average molecular weight is 368 g/mol. The van der Waals surface area contributed by atoms with Gasteiger partial charge in [-0.15, -0.1) is 0 Å². The van der Waals surface area contributed by atoms with E-state index < -0.39 is 10.0 Å². The fourth-order valence-corrected chi connectivity index (χ4v) is 2.74. The maximum Gasteiger partial charge on any atom is 0.276 e. The molecule has 7 heteroatoms. The summed E-state index contributed by atoms with van der Waals surface area (Å²) in [6.07, 6.45) is 0. The summed E-state index contributed by atoms with van der Waals surface area (Å²) < 4.78 is 25.0. The van der Waals surface area contributed by atoms with Crippen molar-refractivity contribution in [2.75, 3.05) is 5.73 Å². The Labute approximate surface area is 132 Å². The van der Waals surface area contributed by atoms with E-state index in [0.717, 1.165) is 10.0 Å². The minimum Gasteiger partial charge on any atom is -0.399 e. The zero-order valence-corrected chi connectivity index (χ0v) is 13.6. The minimum atomic E-state index is -3.68. The molecule has 3 N–H and O–H groups in total. The first kappa shape index (κ1) is 15.5. The van der Waals surface area contributed by atoms with Crippen molar-refractivity contribution in [3.05, 3.63) is 58.6 Å². The molecule has 110 valence electrons. The van der Waals surface area contributed by atoms with Gasteiger partial charge in [0, 0.05) is 10.2 Å². The van der Waals surface area contributed by atoms with E-state index in [4.69, 9.17) is 5.73 Å². The number of hydrogen-bond donors (Lipinski definition) is 2. The van der Waals surface area contributed by atoms with Crippen LogP contribution in [0.1, 0.15) is 12.5 Å². The van der Waals surface area contributed by atoms with Crippen molar-refractivity contribution in [3.63, 3.8) is 0 Å². The fourth-order valence-electron chi connectivity index (χ4n) is 1.62. The quantitative estimate of drug-likeness (QED) is 0.494. The standard InChI is InChI=1S/C14H14BrN3O2S/c1-10(11-3-2-4-13(16)9-11)17-18-21(19,20)14-7-5-12(15)6-8-14/h2-9,18H,16H2,1H3/b17-10-. The molecule has 0 aromatic heterocycles. The summed E-state index contributed by atoms with van der Waals surface area (Å²) in [7, 11) is -3.68. The van der Waals surface area contributed by atoms with Crippen LogP contribution in [-0.2, 0) is 10.0 Å². The minimum absolute atomic E-state index is 0.148. The summed E-state index contributed by atoms with van der Waals surface area (Å²) in [4.78, 5) is 2.36. The van der Waals surface area contributed by atoms with Crippen molar-refractivity contribution >= 4 is 37.4 Å². The highest BCUT2D eigenvalue weighted by molar-refractivity contribution is 9.10. The monoisotopic (exact) mass is 367 g/mol. The molecule has 0 aliphatic heterocycles. The number of sulfonamides is 1. The van der Waals surface area contributed by atoms with Gasteiger partial charge in [-0.05, 0) is 48.9 Å². The van der Waals surface area contributed by atoms with E-state index in [2.05, 4.69) is 25.9 Å². The number of anilines is 1. The molecular formula is C14H14BrN3O2S. The maximum atomic E-state index is 12.1. The molecule has 0 unspecified atom stereocenters. The smallest absolute Gasteiger partial charge is 0.276 e. The van der Waals surface area contributed by atoms with E-state index in [9.17, 15) is 8.42 Å². The summed E-state index contributed by atoms with van der Waals surface area (Å²) in [5.74, 6) is 0. The molecule has 2 aromatic carbocycles. The van der Waals surface area contributed by atoms with Crippen LogP contribution in [0.5, 0.6) is 0 Å². The summed E-state index contributed by atoms with van der Waals surface area (Å²) in [6, 6.07) is 13.4. The third kappa shape index (κ3) is 4.05. The first-order valence-electron chi connectivity index (χ1n) is 6.06. The molecule has 0 heterocycles. The van der Waals surface area contributed by atoms with E-state index in [1.165, 1.54) is 12.1 Å². The largest absolute Gasteiger partial charge is 0.399 e. The Morgan fingerprint density at radius 2 is 1.86 bits per heavy atom. The van der Waals surface area contributed by atoms with E-state index in [1.54, 1.807) is 37.3 Å². The molecular weight excluding hydrogens is 354 g/mol. The molecule has 0 amide bonds. The number of nitrogen functional groups attached to an aromatic ring is 1. The van der Waals surface area contributed by atoms with E-state index in [-0.39, 0.29) is 4.90 Å². The molecule has 0 saturated heterocycles. The van der Waals surface area contributed by atoms with E-state index >= 15 is 0 Å². The van der Waals surface area contributed by atoms with Gasteiger partial charge in [0.05, 0.1) is 10.6 Å². The summed E-state index contributed by atoms with van der Waals surface area (Å²) in [6.45, 7) is 1.71. The van der Waals surface area contributed by atoms with Crippen molar-refractivity contribution < 1.29 is 8.42 Å². The van der Waals surface area contributed by atoms with Gasteiger partial charge in [-0.3, -0.25) is 0 Å². The first-order valence-corrected chi connectivity index (χ1v) is 8.34. The molecule has 0 bridgehead atoms. The number of rotatable bonds is 4. The van der Waals surface area contributed by atoms with Crippen molar-refractivity contribution in [3.8, 4) is 0 Å². The van der Waals surface area contributed by atoms with Crippen LogP contribution in [0.4, 0.5) is 5.69 Å². The number of halogens is 1. The SMILES string of the molecule is C/C(=N/NS(=O)(=O)c1ccc(Br)cc1)c1cccc(N)c1. The van der Waals surface area contributed by atoms with Crippen LogP contribution in [0, 0.1) is 0 Å². The molecule has 0 aliphatic rings. The lowest BCUT2D eigenvalue weighted by Gasteiger charge is -2.06. The molecule has 0 radical (unpaired) electrons. The molecule has 2 rings (SSSR count). The second kappa shape index (κ2) is 6.28. The van der Waals surface area contributed by atoms with Gasteiger partial charge in [-0.1, -0.05) is 28.1 Å². The lowest BCUT2D eigenvalue weighted by molar-refractivity contribution is 0.584. The Kier molecular flexibility index (Phi) is 4.64. The van der Waals surface area contributed by atoms with Crippen molar-refractivity contribution in [2.24, 2.45) is 5.10 Å². The molecule has 5 nitrogen and oxygen atoms in total. The third-order valence-electron chi connectivity index (χ3n) is 2.76. The summed E-state index contributed by atoms with van der Waals surface area (Å²) in [5, 5.41) is 3.92. The molecule has 0 spiro atoms. The number of nitrogens with two attached hydrogens (primary N) is 1. The maximum absolute atomic E-state index is 12.1. The Balaban J connectivity index is 2.21. The Morgan fingerprint density at radius 3 is 2.48 bits per heavy atom. The number of benzene rings is 2. The van der Waals surface area contributed by atoms with Gasteiger partial charge in [0.25, 0.3) is 10.0 Å². The Bertz CT molecular complexity index is 771. The van der Waals surface area contributed by atoms with Gasteiger partial charge in [0.15, 0.2) is 0 Å². The van der Waals surface area contributed by atoms with Crippen LogP contribution in [0.2, 0.25) is 0 Å². The van der Waals surface area contributed by atoms with Crippen LogP contribution < -0.4 is 10.6 Å². The topological polar surface area (TPSA) is 84.5 Å². The highest BCUT2D eigenvalue weighted by Gasteiger charge is 2.12. The van der Waals surface area contributed by atoms with E-state index in [1.807, 2.05) is 6.07 Å². The predicted octanol–water partition coefficient (Wildman–Crippen LogP) is 2.73.